The molecule has 1 amide bonds. The maximum Gasteiger partial charge on any atom is 0.274 e. The van der Waals surface area contributed by atoms with E-state index in [1.54, 1.807) is 11.1 Å². The van der Waals surface area contributed by atoms with Crippen molar-refractivity contribution in [1.29, 1.82) is 0 Å². The molecule has 0 atom stereocenters. The third-order valence-corrected chi connectivity index (χ3v) is 6.81. The number of aryl methyl sites for hydroxylation is 1. The molecule has 0 N–H and O–H groups in total. The zero-order valence-corrected chi connectivity index (χ0v) is 19.0. The number of carbonyl (C=O) groups is 1. The fourth-order valence-electron chi connectivity index (χ4n) is 4.68. The predicted octanol–water partition coefficient (Wildman–Crippen LogP) is 4.31. The van der Waals surface area contributed by atoms with Gasteiger partial charge >= 0.3 is 0 Å². The van der Waals surface area contributed by atoms with E-state index in [4.69, 9.17) is 9.47 Å². The predicted molar refractivity (Wildman–Crippen MR) is 125 cm³/mol. The quantitative estimate of drug-likeness (QED) is 0.568. The third kappa shape index (κ3) is 4.48. The van der Waals surface area contributed by atoms with Gasteiger partial charge in [-0.3, -0.25) is 9.78 Å². The Labute approximate surface area is 194 Å². The van der Waals surface area contributed by atoms with Crippen molar-refractivity contribution in [2.24, 2.45) is 0 Å². The topological polar surface area (TPSA) is 64.5 Å². The molecule has 2 fully saturated rings. The SMILES string of the molecule is Cc1ccc(C2(c3ccc(OCc4cncc(C(=O)N5CCOCC5)n4)cc3)CCC2)cc1. The maximum absolute atomic E-state index is 12.7. The Hall–Kier alpha value is -3.25. The summed E-state index contributed by atoms with van der Waals surface area (Å²) in [6.07, 6.45) is 6.76. The molecule has 5 rings (SSSR count). The van der Waals surface area contributed by atoms with Gasteiger partial charge in [-0.25, -0.2) is 4.98 Å². The van der Waals surface area contributed by atoms with Crippen LogP contribution in [0.2, 0.25) is 0 Å². The van der Waals surface area contributed by atoms with E-state index in [0.29, 0.717) is 37.7 Å². The van der Waals surface area contributed by atoms with Crippen molar-refractivity contribution in [2.45, 2.75) is 38.2 Å². The molecule has 6 heteroatoms. The number of benzene rings is 2. The van der Waals surface area contributed by atoms with E-state index in [1.807, 2.05) is 12.1 Å². The van der Waals surface area contributed by atoms with Gasteiger partial charge < -0.3 is 14.4 Å². The first-order valence-corrected chi connectivity index (χ1v) is 11.6. The van der Waals surface area contributed by atoms with Crippen molar-refractivity contribution in [2.75, 3.05) is 26.3 Å². The van der Waals surface area contributed by atoms with Crippen LogP contribution in [0.4, 0.5) is 0 Å². The summed E-state index contributed by atoms with van der Waals surface area (Å²) in [7, 11) is 0. The number of aromatic nitrogens is 2. The fourth-order valence-corrected chi connectivity index (χ4v) is 4.68. The van der Waals surface area contributed by atoms with Gasteiger partial charge in [0.1, 0.15) is 18.1 Å². The average molecular weight is 444 g/mol. The van der Waals surface area contributed by atoms with Crippen LogP contribution in [0, 0.1) is 6.92 Å². The molecular weight excluding hydrogens is 414 g/mol. The first kappa shape index (κ1) is 21.6. The van der Waals surface area contributed by atoms with Gasteiger partial charge in [-0.1, -0.05) is 48.4 Å². The Kier molecular flexibility index (Phi) is 6.09. The molecular formula is C27H29N3O3. The molecule has 2 heterocycles. The van der Waals surface area contributed by atoms with Gasteiger partial charge in [-0.15, -0.1) is 0 Å². The minimum absolute atomic E-state index is 0.112. The molecule has 6 nitrogen and oxygen atoms in total. The molecule has 1 aliphatic heterocycles. The number of morpholine rings is 1. The zero-order chi connectivity index (χ0) is 22.7. The Balaban J connectivity index is 1.25. The first-order valence-electron chi connectivity index (χ1n) is 11.6. The van der Waals surface area contributed by atoms with E-state index in [0.717, 1.165) is 5.75 Å². The van der Waals surface area contributed by atoms with Crippen LogP contribution in [0.3, 0.4) is 0 Å². The van der Waals surface area contributed by atoms with Crippen molar-refractivity contribution in [1.82, 2.24) is 14.9 Å². The van der Waals surface area contributed by atoms with Gasteiger partial charge in [-0.2, -0.15) is 0 Å². The van der Waals surface area contributed by atoms with E-state index >= 15 is 0 Å². The molecule has 33 heavy (non-hydrogen) atoms. The zero-order valence-electron chi connectivity index (χ0n) is 19.0. The van der Waals surface area contributed by atoms with Crippen LogP contribution in [0.5, 0.6) is 5.75 Å². The fraction of sp³-hybridized carbons (Fsp3) is 0.370. The summed E-state index contributed by atoms with van der Waals surface area (Å²) in [6, 6.07) is 17.3. The first-order chi connectivity index (χ1) is 16.1. The summed E-state index contributed by atoms with van der Waals surface area (Å²) < 4.78 is 11.3. The number of hydrogen-bond donors (Lipinski definition) is 0. The van der Waals surface area contributed by atoms with E-state index in [-0.39, 0.29) is 17.9 Å². The highest BCUT2D eigenvalue weighted by Crippen LogP contribution is 2.49. The number of nitrogens with zero attached hydrogens (tertiary/aromatic N) is 3. The number of hydrogen-bond acceptors (Lipinski definition) is 5. The molecule has 1 aliphatic carbocycles. The lowest BCUT2D eigenvalue weighted by molar-refractivity contribution is 0.0298. The number of ether oxygens (including phenoxy) is 2. The van der Waals surface area contributed by atoms with E-state index in [9.17, 15) is 4.79 Å². The second-order valence-electron chi connectivity index (χ2n) is 8.91. The van der Waals surface area contributed by atoms with Gasteiger partial charge in [0.05, 0.1) is 31.3 Å². The molecule has 170 valence electrons. The molecule has 1 saturated heterocycles. The summed E-state index contributed by atoms with van der Waals surface area (Å²) in [5.74, 6) is 0.669. The molecule has 2 aromatic carbocycles. The van der Waals surface area contributed by atoms with Crippen LogP contribution in [0.1, 0.15) is 52.1 Å². The Morgan fingerprint density at radius 2 is 1.67 bits per heavy atom. The van der Waals surface area contributed by atoms with Gasteiger partial charge in [0.15, 0.2) is 0 Å². The largest absolute Gasteiger partial charge is 0.487 e. The lowest BCUT2D eigenvalue weighted by Crippen LogP contribution is -2.41. The monoisotopic (exact) mass is 443 g/mol. The van der Waals surface area contributed by atoms with Crippen molar-refractivity contribution >= 4 is 5.91 Å². The molecule has 0 radical (unpaired) electrons. The van der Waals surface area contributed by atoms with Crippen LogP contribution in [0.15, 0.2) is 60.9 Å². The molecule has 0 bridgehead atoms. The molecule has 1 aromatic heterocycles. The highest BCUT2D eigenvalue weighted by Gasteiger charge is 2.40. The van der Waals surface area contributed by atoms with E-state index < -0.39 is 0 Å². The maximum atomic E-state index is 12.7. The Bertz CT molecular complexity index is 1100. The van der Waals surface area contributed by atoms with Crippen molar-refractivity contribution in [3.8, 4) is 5.75 Å². The summed E-state index contributed by atoms with van der Waals surface area (Å²) in [5, 5.41) is 0. The summed E-state index contributed by atoms with van der Waals surface area (Å²) >= 11 is 0. The van der Waals surface area contributed by atoms with Gasteiger partial charge in [-0.05, 0) is 43.0 Å². The Morgan fingerprint density at radius 1 is 1.00 bits per heavy atom. The number of rotatable bonds is 6. The van der Waals surface area contributed by atoms with Crippen molar-refractivity contribution in [3.05, 3.63) is 89.0 Å². The summed E-state index contributed by atoms with van der Waals surface area (Å²) in [5.41, 5.74) is 5.11. The highest BCUT2D eigenvalue weighted by atomic mass is 16.5. The second-order valence-corrected chi connectivity index (χ2v) is 8.91. The smallest absolute Gasteiger partial charge is 0.274 e. The Morgan fingerprint density at radius 3 is 2.30 bits per heavy atom. The average Bonchev–Trinajstić information content (AvgIpc) is 2.84. The summed E-state index contributed by atoms with van der Waals surface area (Å²) in [6.45, 7) is 4.67. The second kappa shape index (κ2) is 9.32. The van der Waals surface area contributed by atoms with Crippen LogP contribution in [-0.4, -0.2) is 47.1 Å². The van der Waals surface area contributed by atoms with Crippen LogP contribution >= 0.6 is 0 Å². The lowest BCUT2D eigenvalue weighted by atomic mass is 9.60. The van der Waals surface area contributed by atoms with Gasteiger partial charge in [0.25, 0.3) is 5.91 Å². The lowest BCUT2D eigenvalue weighted by Gasteiger charge is -2.43. The minimum atomic E-state index is -0.112. The van der Waals surface area contributed by atoms with E-state index in [1.165, 1.54) is 42.1 Å². The van der Waals surface area contributed by atoms with Gasteiger partial charge in [0.2, 0.25) is 0 Å². The highest BCUT2D eigenvalue weighted by molar-refractivity contribution is 5.92. The summed E-state index contributed by atoms with van der Waals surface area (Å²) in [4.78, 5) is 23.1. The molecule has 3 aromatic rings. The van der Waals surface area contributed by atoms with Crippen LogP contribution < -0.4 is 4.74 Å². The normalized spacial score (nSPS) is 17.3. The van der Waals surface area contributed by atoms with Crippen molar-refractivity contribution < 1.29 is 14.3 Å². The molecule has 2 aliphatic rings. The molecule has 0 spiro atoms. The third-order valence-electron chi connectivity index (χ3n) is 6.81. The standard InChI is InChI=1S/C27H29N3O3/c1-20-3-5-21(6-4-20)27(11-2-12-27)22-7-9-24(10-8-22)33-19-23-17-28-18-25(29-23)26(31)30-13-15-32-16-14-30/h3-10,17-18H,2,11-16,19H2,1H3. The van der Waals surface area contributed by atoms with Gasteiger partial charge in [0, 0.05) is 18.5 Å². The molecule has 0 unspecified atom stereocenters. The van der Waals surface area contributed by atoms with E-state index in [2.05, 4.69) is 53.3 Å². The molecule has 1 saturated carbocycles. The van der Waals surface area contributed by atoms with Crippen LogP contribution in [0.25, 0.3) is 0 Å². The minimum Gasteiger partial charge on any atom is -0.487 e. The van der Waals surface area contributed by atoms with Crippen LogP contribution in [-0.2, 0) is 16.8 Å². The number of amides is 1. The number of carbonyl (C=O) groups excluding carboxylic acids is 1. The van der Waals surface area contributed by atoms with Crippen molar-refractivity contribution in [3.63, 3.8) is 0 Å².